The van der Waals surface area contributed by atoms with E-state index in [2.05, 4.69) is 58.9 Å². The Morgan fingerprint density at radius 1 is 0.775 bits per heavy atom. The van der Waals surface area contributed by atoms with Crippen LogP contribution in [0.5, 0.6) is 0 Å². The molecule has 9 atom stereocenters. The van der Waals surface area contributed by atoms with Crippen LogP contribution in [0.15, 0.2) is 24.3 Å². The number of rotatable bonds is 10. The van der Waals surface area contributed by atoms with Gasteiger partial charge in [-0.15, -0.1) is 0 Å². The second-order valence-corrected chi connectivity index (χ2v) is 18.4. The standard InChI is InChI=1S/C36H60O3Si/c1-25(2)10-9-11-26(3)32-18-19-33-31-17-14-29-24-28(20-22-35(29,4)34(31)21-23-36(32,33)5)27-12-15-30(16-13-27)40(37-6,38-7)39-8/h12-13,15-16,25-26,28-29,31-34H,9-11,14,17-24H2,1-8H3. The highest BCUT2D eigenvalue weighted by molar-refractivity contribution is 6.75. The summed E-state index contributed by atoms with van der Waals surface area (Å²) in [6, 6.07) is 9.07. The zero-order valence-corrected chi connectivity index (χ0v) is 28.1. The highest BCUT2D eigenvalue weighted by atomic mass is 28.4. The van der Waals surface area contributed by atoms with Crippen molar-refractivity contribution in [2.75, 3.05) is 21.3 Å². The lowest BCUT2D eigenvalue weighted by molar-refractivity contribution is -0.117. The van der Waals surface area contributed by atoms with Gasteiger partial charge in [-0.05, 0) is 122 Å². The Balaban J connectivity index is 1.25. The molecule has 0 N–H and O–H groups in total. The third kappa shape index (κ3) is 5.31. The number of fused-ring (bicyclic) bond motifs is 5. The van der Waals surface area contributed by atoms with Gasteiger partial charge in [0.15, 0.2) is 0 Å². The summed E-state index contributed by atoms with van der Waals surface area (Å²) >= 11 is 0. The van der Waals surface area contributed by atoms with Gasteiger partial charge in [-0.3, -0.25) is 0 Å². The lowest BCUT2D eigenvalue weighted by Crippen LogP contribution is -2.54. The minimum atomic E-state index is -2.77. The molecule has 4 saturated carbocycles. The first-order valence-electron chi connectivity index (χ1n) is 16.9. The molecule has 0 heterocycles. The van der Waals surface area contributed by atoms with Gasteiger partial charge in [0.1, 0.15) is 0 Å². The predicted molar refractivity (Wildman–Crippen MR) is 169 cm³/mol. The molecule has 0 radical (unpaired) electrons. The van der Waals surface area contributed by atoms with Crippen molar-refractivity contribution in [3.8, 4) is 0 Å². The molecule has 1 aromatic carbocycles. The Kier molecular flexibility index (Phi) is 9.33. The lowest BCUT2D eigenvalue weighted by atomic mass is 9.43. The summed E-state index contributed by atoms with van der Waals surface area (Å²) < 4.78 is 17.2. The molecule has 0 bridgehead atoms. The highest BCUT2D eigenvalue weighted by Crippen LogP contribution is 2.69. The average molecular weight is 569 g/mol. The SMILES string of the molecule is CO[Si](OC)(OC)c1ccc(C2CCC3(C)C(CCC4C3CCC3(C)C(C(C)CCCC(C)C)CCC43)C2)cc1. The molecule has 4 aliphatic carbocycles. The van der Waals surface area contributed by atoms with E-state index >= 15 is 0 Å². The van der Waals surface area contributed by atoms with Crippen molar-refractivity contribution in [2.45, 2.75) is 118 Å². The molecule has 4 aliphatic rings. The van der Waals surface area contributed by atoms with Gasteiger partial charge < -0.3 is 13.3 Å². The van der Waals surface area contributed by atoms with Gasteiger partial charge in [0.2, 0.25) is 0 Å². The summed E-state index contributed by atoms with van der Waals surface area (Å²) in [5.74, 6) is 7.22. The molecule has 4 fully saturated rings. The Bertz CT molecular complexity index is 964. The maximum atomic E-state index is 5.72. The number of benzene rings is 1. The molecular weight excluding hydrogens is 508 g/mol. The van der Waals surface area contributed by atoms with Crippen LogP contribution >= 0.6 is 0 Å². The van der Waals surface area contributed by atoms with E-state index in [0.29, 0.717) is 16.7 Å². The van der Waals surface area contributed by atoms with Crippen LogP contribution in [0, 0.1) is 52.3 Å². The van der Waals surface area contributed by atoms with Gasteiger partial charge >= 0.3 is 8.80 Å². The van der Waals surface area contributed by atoms with E-state index in [1.807, 2.05) is 0 Å². The molecule has 0 aromatic heterocycles. The first-order valence-corrected chi connectivity index (χ1v) is 18.6. The van der Waals surface area contributed by atoms with Gasteiger partial charge in [0.05, 0.1) is 0 Å². The lowest BCUT2D eigenvalue weighted by Gasteiger charge is -2.61. The molecule has 0 spiro atoms. The molecule has 0 aliphatic heterocycles. The Morgan fingerprint density at radius 3 is 2.08 bits per heavy atom. The molecule has 4 heteroatoms. The van der Waals surface area contributed by atoms with Gasteiger partial charge in [-0.2, -0.15) is 0 Å². The van der Waals surface area contributed by atoms with Gasteiger partial charge in [0.25, 0.3) is 0 Å². The summed E-state index contributed by atoms with van der Waals surface area (Å²) in [5, 5.41) is 1.05. The Morgan fingerprint density at radius 2 is 1.43 bits per heavy atom. The van der Waals surface area contributed by atoms with Crippen LogP contribution in [0.25, 0.3) is 0 Å². The third-order valence-electron chi connectivity index (χ3n) is 13.4. The quantitative estimate of drug-likeness (QED) is 0.264. The van der Waals surface area contributed by atoms with Crippen molar-refractivity contribution >= 4 is 14.0 Å². The van der Waals surface area contributed by atoms with Crippen LogP contribution < -0.4 is 5.19 Å². The summed E-state index contributed by atoms with van der Waals surface area (Å²) in [6.45, 7) is 12.9. The normalized spacial score (nSPS) is 38.5. The van der Waals surface area contributed by atoms with Crippen molar-refractivity contribution in [2.24, 2.45) is 52.3 Å². The first-order chi connectivity index (χ1) is 19.1. The van der Waals surface area contributed by atoms with E-state index in [4.69, 9.17) is 13.3 Å². The molecule has 40 heavy (non-hydrogen) atoms. The van der Waals surface area contributed by atoms with Crippen molar-refractivity contribution in [1.82, 2.24) is 0 Å². The monoisotopic (exact) mass is 568 g/mol. The average Bonchev–Trinajstić information content (AvgIpc) is 3.31. The second kappa shape index (κ2) is 12.1. The Labute approximate surface area is 247 Å². The minimum absolute atomic E-state index is 0.547. The molecule has 226 valence electrons. The van der Waals surface area contributed by atoms with Gasteiger partial charge in [-0.1, -0.05) is 78.1 Å². The zero-order chi connectivity index (χ0) is 28.7. The maximum absolute atomic E-state index is 5.72. The van der Waals surface area contributed by atoms with Crippen molar-refractivity contribution in [3.05, 3.63) is 29.8 Å². The molecule has 1 aromatic rings. The van der Waals surface area contributed by atoms with Crippen LogP contribution in [-0.4, -0.2) is 30.1 Å². The maximum Gasteiger partial charge on any atom is 0.536 e. The zero-order valence-electron chi connectivity index (χ0n) is 27.1. The van der Waals surface area contributed by atoms with E-state index in [1.54, 1.807) is 21.3 Å². The predicted octanol–water partition coefficient (Wildman–Crippen LogP) is 8.98. The first kappa shape index (κ1) is 30.8. The van der Waals surface area contributed by atoms with Crippen LogP contribution in [0.4, 0.5) is 0 Å². The smallest absolute Gasteiger partial charge is 0.373 e. The minimum Gasteiger partial charge on any atom is -0.373 e. The summed E-state index contributed by atoms with van der Waals surface area (Å²) in [4.78, 5) is 0. The molecule has 3 nitrogen and oxygen atoms in total. The van der Waals surface area contributed by atoms with Crippen LogP contribution in [0.3, 0.4) is 0 Å². The fourth-order valence-electron chi connectivity index (χ4n) is 11.1. The summed E-state index contributed by atoms with van der Waals surface area (Å²) in [6.07, 6.45) is 17.4. The van der Waals surface area contributed by atoms with Crippen LogP contribution in [0.2, 0.25) is 0 Å². The fraction of sp³-hybridized carbons (Fsp3) is 0.833. The van der Waals surface area contributed by atoms with E-state index in [9.17, 15) is 0 Å². The highest BCUT2D eigenvalue weighted by Gasteiger charge is 2.60. The molecule has 0 saturated heterocycles. The number of hydrogen-bond donors (Lipinski definition) is 0. The van der Waals surface area contributed by atoms with Crippen molar-refractivity contribution in [3.63, 3.8) is 0 Å². The largest absolute Gasteiger partial charge is 0.536 e. The third-order valence-corrected chi connectivity index (χ3v) is 16.1. The van der Waals surface area contributed by atoms with E-state index in [-0.39, 0.29) is 0 Å². The van der Waals surface area contributed by atoms with Crippen LogP contribution in [0.1, 0.15) is 123 Å². The van der Waals surface area contributed by atoms with E-state index < -0.39 is 8.80 Å². The van der Waals surface area contributed by atoms with Crippen LogP contribution in [-0.2, 0) is 13.3 Å². The molecule has 9 unspecified atom stereocenters. The van der Waals surface area contributed by atoms with Crippen molar-refractivity contribution < 1.29 is 13.3 Å². The van der Waals surface area contributed by atoms with Gasteiger partial charge in [0, 0.05) is 26.5 Å². The van der Waals surface area contributed by atoms with E-state index in [1.165, 1.54) is 82.6 Å². The van der Waals surface area contributed by atoms with Crippen molar-refractivity contribution in [1.29, 1.82) is 0 Å². The van der Waals surface area contributed by atoms with Gasteiger partial charge in [-0.25, -0.2) is 0 Å². The fourth-order valence-corrected chi connectivity index (χ4v) is 12.9. The summed E-state index contributed by atoms with van der Waals surface area (Å²) in [5.41, 5.74) is 2.65. The summed E-state index contributed by atoms with van der Waals surface area (Å²) in [7, 11) is 2.32. The topological polar surface area (TPSA) is 27.7 Å². The second-order valence-electron chi connectivity index (χ2n) is 15.4. The number of hydrogen-bond acceptors (Lipinski definition) is 3. The molecule has 5 rings (SSSR count). The molecule has 0 amide bonds. The molecular formula is C36H60O3Si. The van der Waals surface area contributed by atoms with E-state index in [0.717, 1.165) is 46.6 Å². The Hall–Kier alpha value is -0.683.